The maximum atomic E-state index is 11.2. The number of ether oxygens (including phenoxy) is 2. The molecule has 0 fully saturated rings. The minimum Gasteiger partial charge on any atom is -0.491 e. The first kappa shape index (κ1) is 12.3. The number of hydrogen-bond donors (Lipinski definition) is 0. The number of carbonyl (C=O) groups is 1. The van der Waals surface area contributed by atoms with E-state index >= 15 is 0 Å². The topological polar surface area (TPSA) is 35.5 Å². The Hall–Kier alpha value is -1.77. The van der Waals surface area contributed by atoms with Gasteiger partial charge in [0.1, 0.15) is 5.75 Å². The van der Waals surface area contributed by atoms with Crippen LogP contribution in [0.3, 0.4) is 0 Å². The summed E-state index contributed by atoms with van der Waals surface area (Å²) in [5, 5.41) is 0. The summed E-state index contributed by atoms with van der Waals surface area (Å²) < 4.78 is 10.1. The average Bonchev–Trinajstić information content (AvgIpc) is 2.27. The molecule has 0 saturated heterocycles. The average molecular weight is 220 g/mol. The van der Waals surface area contributed by atoms with Crippen molar-refractivity contribution in [3.63, 3.8) is 0 Å². The summed E-state index contributed by atoms with van der Waals surface area (Å²) in [4.78, 5) is 11.2. The van der Waals surface area contributed by atoms with E-state index in [-0.39, 0.29) is 6.10 Å². The second-order valence-electron chi connectivity index (χ2n) is 3.66. The van der Waals surface area contributed by atoms with E-state index in [4.69, 9.17) is 4.74 Å². The molecule has 1 rings (SSSR count). The van der Waals surface area contributed by atoms with Crippen molar-refractivity contribution < 1.29 is 14.3 Å². The van der Waals surface area contributed by atoms with Gasteiger partial charge in [0, 0.05) is 0 Å². The second kappa shape index (κ2) is 5.35. The summed E-state index contributed by atoms with van der Waals surface area (Å²) >= 11 is 0. The molecule has 1 aromatic carbocycles. The minimum absolute atomic E-state index is 0.134. The highest BCUT2D eigenvalue weighted by molar-refractivity contribution is 6.15. The SMILES string of the molecule is C=C(C(=O)OC)c1ccc(OC(C)C)cc1. The molecule has 16 heavy (non-hydrogen) atoms. The second-order valence-corrected chi connectivity index (χ2v) is 3.66. The summed E-state index contributed by atoms with van der Waals surface area (Å²) in [5.41, 5.74) is 1.08. The first-order valence-corrected chi connectivity index (χ1v) is 5.09. The van der Waals surface area contributed by atoms with Crippen molar-refractivity contribution in [3.8, 4) is 5.75 Å². The van der Waals surface area contributed by atoms with Crippen LogP contribution in [0.4, 0.5) is 0 Å². The minimum atomic E-state index is -0.419. The fourth-order valence-corrected chi connectivity index (χ4v) is 1.25. The Kier molecular flexibility index (Phi) is 4.11. The number of esters is 1. The zero-order valence-electron chi connectivity index (χ0n) is 9.82. The third kappa shape index (κ3) is 3.12. The van der Waals surface area contributed by atoms with Gasteiger partial charge in [-0.25, -0.2) is 4.79 Å². The van der Waals surface area contributed by atoms with Crippen molar-refractivity contribution in [2.24, 2.45) is 0 Å². The van der Waals surface area contributed by atoms with Gasteiger partial charge in [-0.15, -0.1) is 0 Å². The van der Waals surface area contributed by atoms with Crippen molar-refractivity contribution in [1.82, 2.24) is 0 Å². The van der Waals surface area contributed by atoms with Gasteiger partial charge in [-0.2, -0.15) is 0 Å². The van der Waals surface area contributed by atoms with E-state index in [0.717, 1.165) is 11.3 Å². The number of carbonyl (C=O) groups excluding carboxylic acids is 1. The van der Waals surface area contributed by atoms with E-state index in [1.807, 2.05) is 26.0 Å². The molecule has 3 nitrogen and oxygen atoms in total. The van der Waals surface area contributed by atoms with Crippen LogP contribution in [-0.4, -0.2) is 19.2 Å². The maximum absolute atomic E-state index is 11.2. The normalized spacial score (nSPS) is 10.0. The molecule has 0 aliphatic rings. The summed E-state index contributed by atoms with van der Waals surface area (Å²) in [5.74, 6) is 0.356. The Morgan fingerprint density at radius 3 is 2.25 bits per heavy atom. The van der Waals surface area contributed by atoms with Crippen molar-refractivity contribution in [1.29, 1.82) is 0 Å². The Bertz CT molecular complexity index is 377. The van der Waals surface area contributed by atoms with Gasteiger partial charge in [0.15, 0.2) is 0 Å². The molecule has 86 valence electrons. The zero-order valence-corrected chi connectivity index (χ0v) is 9.82. The van der Waals surface area contributed by atoms with Gasteiger partial charge in [0.05, 0.1) is 18.8 Å². The lowest BCUT2D eigenvalue weighted by molar-refractivity contribution is -0.133. The third-order valence-corrected chi connectivity index (χ3v) is 2.01. The van der Waals surface area contributed by atoms with E-state index in [2.05, 4.69) is 11.3 Å². The molecule has 0 aromatic heterocycles. The molecule has 0 atom stereocenters. The third-order valence-electron chi connectivity index (χ3n) is 2.01. The molecule has 0 N–H and O–H groups in total. The van der Waals surface area contributed by atoms with Crippen LogP contribution in [0.5, 0.6) is 5.75 Å². The molecule has 0 heterocycles. The lowest BCUT2D eigenvalue weighted by Crippen LogP contribution is -2.06. The predicted octanol–water partition coefficient (Wildman–Crippen LogP) is 2.66. The smallest absolute Gasteiger partial charge is 0.337 e. The van der Waals surface area contributed by atoms with Crippen LogP contribution in [0.25, 0.3) is 5.57 Å². The van der Waals surface area contributed by atoms with Crippen LogP contribution in [-0.2, 0) is 9.53 Å². The summed E-state index contributed by atoms with van der Waals surface area (Å²) in [6, 6.07) is 7.20. The molecule has 0 amide bonds. The quantitative estimate of drug-likeness (QED) is 0.578. The van der Waals surface area contributed by atoms with E-state index in [0.29, 0.717) is 5.57 Å². The zero-order chi connectivity index (χ0) is 12.1. The van der Waals surface area contributed by atoms with Gasteiger partial charge < -0.3 is 9.47 Å². The van der Waals surface area contributed by atoms with Gasteiger partial charge in [0.25, 0.3) is 0 Å². The molecule has 0 aliphatic heterocycles. The number of methoxy groups -OCH3 is 1. The van der Waals surface area contributed by atoms with Crippen LogP contribution < -0.4 is 4.74 Å². The largest absolute Gasteiger partial charge is 0.491 e. The van der Waals surface area contributed by atoms with Gasteiger partial charge in [0.2, 0.25) is 0 Å². The number of rotatable bonds is 4. The predicted molar refractivity (Wildman–Crippen MR) is 63.3 cm³/mol. The molecule has 0 saturated carbocycles. The molecule has 0 aliphatic carbocycles. The van der Waals surface area contributed by atoms with Crippen LogP contribution in [0.1, 0.15) is 19.4 Å². The molecule has 0 radical (unpaired) electrons. The lowest BCUT2D eigenvalue weighted by Gasteiger charge is -2.10. The Morgan fingerprint density at radius 1 is 1.25 bits per heavy atom. The van der Waals surface area contributed by atoms with Crippen LogP contribution in [0.2, 0.25) is 0 Å². The summed E-state index contributed by atoms with van der Waals surface area (Å²) in [6.07, 6.45) is 0.134. The Morgan fingerprint density at radius 2 is 1.81 bits per heavy atom. The first-order valence-electron chi connectivity index (χ1n) is 5.09. The van der Waals surface area contributed by atoms with Gasteiger partial charge in [-0.3, -0.25) is 0 Å². The molecule has 0 spiro atoms. The van der Waals surface area contributed by atoms with Crippen molar-refractivity contribution in [3.05, 3.63) is 36.4 Å². The highest BCUT2D eigenvalue weighted by atomic mass is 16.5. The standard InChI is InChI=1S/C13H16O3/c1-9(2)16-12-7-5-11(6-8-12)10(3)13(14)15-4/h5-9H,3H2,1-2,4H3. The molecule has 0 unspecified atom stereocenters. The van der Waals surface area contributed by atoms with Crippen molar-refractivity contribution in [2.75, 3.05) is 7.11 Å². The molecule has 1 aromatic rings. The van der Waals surface area contributed by atoms with Crippen LogP contribution in [0, 0.1) is 0 Å². The highest BCUT2D eigenvalue weighted by Crippen LogP contribution is 2.19. The molecule has 3 heteroatoms. The van der Waals surface area contributed by atoms with Gasteiger partial charge >= 0.3 is 5.97 Å². The molecular weight excluding hydrogens is 204 g/mol. The maximum Gasteiger partial charge on any atom is 0.337 e. The Balaban J connectivity index is 2.78. The highest BCUT2D eigenvalue weighted by Gasteiger charge is 2.09. The fraction of sp³-hybridized carbons (Fsp3) is 0.308. The summed E-state index contributed by atoms with van der Waals surface area (Å²) in [7, 11) is 1.34. The first-order chi connectivity index (χ1) is 7.54. The molecular formula is C13H16O3. The monoisotopic (exact) mass is 220 g/mol. The van der Waals surface area contributed by atoms with E-state index in [1.165, 1.54) is 7.11 Å². The Labute approximate surface area is 95.7 Å². The number of hydrogen-bond acceptors (Lipinski definition) is 3. The van der Waals surface area contributed by atoms with Crippen molar-refractivity contribution >= 4 is 11.5 Å². The fourth-order valence-electron chi connectivity index (χ4n) is 1.25. The van der Waals surface area contributed by atoms with Crippen molar-refractivity contribution in [2.45, 2.75) is 20.0 Å². The van der Waals surface area contributed by atoms with Gasteiger partial charge in [-0.05, 0) is 31.5 Å². The van der Waals surface area contributed by atoms with E-state index in [9.17, 15) is 4.79 Å². The molecule has 0 bridgehead atoms. The van der Waals surface area contributed by atoms with E-state index in [1.54, 1.807) is 12.1 Å². The number of benzene rings is 1. The van der Waals surface area contributed by atoms with Crippen LogP contribution >= 0.6 is 0 Å². The van der Waals surface area contributed by atoms with E-state index < -0.39 is 5.97 Å². The summed E-state index contributed by atoms with van der Waals surface area (Å²) in [6.45, 7) is 7.59. The van der Waals surface area contributed by atoms with Crippen LogP contribution in [0.15, 0.2) is 30.8 Å². The van der Waals surface area contributed by atoms with Gasteiger partial charge in [-0.1, -0.05) is 18.7 Å². The lowest BCUT2D eigenvalue weighted by atomic mass is 10.1.